The zero-order valence-corrected chi connectivity index (χ0v) is 17.2. The van der Waals surface area contributed by atoms with Gasteiger partial charge in [0.15, 0.2) is 0 Å². The van der Waals surface area contributed by atoms with E-state index in [9.17, 15) is 0 Å². The number of hydrogen-bond acceptors (Lipinski definition) is 2. The summed E-state index contributed by atoms with van der Waals surface area (Å²) in [6.45, 7) is 12.9. The Kier molecular flexibility index (Phi) is 6.81. The molecule has 3 N–H and O–H groups in total. The Bertz CT molecular complexity index is 367. The quantitative estimate of drug-likeness (QED) is 0.601. The van der Waals surface area contributed by atoms with Gasteiger partial charge in [-0.3, -0.25) is 0 Å². The van der Waals surface area contributed by atoms with Crippen LogP contribution in [0.4, 0.5) is 0 Å². The minimum atomic E-state index is 0.270. The fourth-order valence-electron chi connectivity index (χ4n) is 6.71. The molecule has 2 unspecified atom stereocenters. The normalized spacial score (nSPS) is 27.5. The van der Waals surface area contributed by atoms with Crippen molar-refractivity contribution in [1.82, 2.24) is 5.32 Å². The van der Waals surface area contributed by atoms with Gasteiger partial charge >= 0.3 is 0 Å². The first-order valence-electron chi connectivity index (χ1n) is 10.9. The van der Waals surface area contributed by atoms with Gasteiger partial charge in [-0.1, -0.05) is 40.5 Å². The van der Waals surface area contributed by atoms with Crippen molar-refractivity contribution in [3.63, 3.8) is 0 Å². The fraction of sp³-hybridized carbons (Fsp3) is 1.00. The Morgan fingerprint density at radius 2 is 1.50 bits per heavy atom. The molecule has 0 amide bonds. The van der Waals surface area contributed by atoms with Crippen LogP contribution in [0, 0.1) is 16.2 Å². The van der Waals surface area contributed by atoms with Crippen molar-refractivity contribution < 1.29 is 0 Å². The molecule has 1 spiro atoms. The topological polar surface area (TPSA) is 38.0 Å². The number of hydrogen-bond donors (Lipinski definition) is 2. The molecule has 142 valence electrons. The van der Waals surface area contributed by atoms with Gasteiger partial charge in [0.25, 0.3) is 0 Å². The summed E-state index contributed by atoms with van der Waals surface area (Å²) in [5.74, 6) is 0. The molecule has 1 saturated carbocycles. The minimum absolute atomic E-state index is 0.270. The second-order valence-corrected chi connectivity index (χ2v) is 9.23. The zero-order chi connectivity index (χ0) is 17.8. The molecular weight excluding hydrogens is 292 g/mol. The molecule has 24 heavy (non-hydrogen) atoms. The lowest BCUT2D eigenvalue weighted by molar-refractivity contribution is -0.00339. The minimum Gasteiger partial charge on any atom is -0.327 e. The molecule has 2 nitrogen and oxygen atoms in total. The fourth-order valence-corrected chi connectivity index (χ4v) is 6.71. The Balaban J connectivity index is 2.21. The van der Waals surface area contributed by atoms with Gasteiger partial charge < -0.3 is 11.1 Å². The van der Waals surface area contributed by atoms with Gasteiger partial charge in [0.2, 0.25) is 0 Å². The van der Waals surface area contributed by atoms with Gasteiger partial charge in [-0.05, 0) is 82.1 Å². The molecule has 0 aromatic heterocycles. The summed E-state index contributed by atoms with van der Waals surface area (Å²) in [4.78, 5) is 0. The van der Waals surface area contributed by atoms with Gasteiger partial charge in [0, 0.05) is 17.5 Å². The highest BCUT2D eigenvalue weighted by Crippen LogP contribution is 2.58. The Morgan fingerprint density at radius 3 is 1.92 bits per heavy atom. The van der Waals surface area contributed by atoms with E-state index in [4.69, 9.17) is 5.73 Å². The van der Waals surface area contributed by atoms with Gasteiger partial charge in [-0.25, -0.2) is 0 Å². The summed E-state index contributed by atoms with van der Waals surface area (Å²) < 4.78 is 0. The van der Waals surface area contributed by atoms with E-state index in [0.717, 1.165) is 0 Å². The maximum atomic E-state index is 6.57. The second kappa shape index (κ2) is 8.08. The lowest BCUT2D eigenvalue weighted by Crippen LogP contribution is -2.58. The second-order valence-electron chi connectivity index (χ2n) is 9.23. The van der Waals surface area contributed by atoms with Crippen LogP contribution in [0.1, 0.15) is 105 Å². The molecule has 0 radical (unpaired) electrons. The molecule has 2 heteroatoms. The first-order valence-corrected chi connectivity index (χ1v) is 10.9. The van der Waals surface area contributed by atoms with Crippen molar-refractivity contribution in [3.8, 4) is 0 Å². The van der Waals surface area contributed by atoms with Crippen molar-refractivity contribution in [1.29, 1.82) is 0 Å². The van der Waals surface area contributed by atoms with Crippen LogP contribution in [0.2, 0.25) is 0 Å². The molecule has 0 bridgehead atoms. The van der Waals surface area contributed by atoms with E-state index in [2.05, 4.69) is 39.9 Å². The summed E-state index contributed by atoms with van der Waals surface area (Å²) in [6.07, 6.45) is 15.1. The third-order valence-electron chi connectivity index (χ3n) is 8.25. The third-order valence-corrected chi connectivity index (χ3v) is 8.25. The van der Waals surface area contributed by atoms with Gasteiger partial charge in [0.1, 0.15) is 0 Å². The van der Waals surface area contributed by atoms with E-state index in [1.807, 2.05) is 0 Å². The largest absolute Gasteiger partial charge is 0.327 e. The van der Waals surface area contributed by atoms with Gasteiger partial charge in [0.05, 0.1) is 0 Å². The first kappa shape index (κ1) is 20.2. The van der Waals surface area contributed by atoms with Crippen LogP contribution in [-0.2, 0) is 0 Å². The smallest absolute Gasteiger partial charge is 0.0195 e. The number of rotatable bonds is 8. The molecule has 1 aliphatic carbocycles. The first-order chi connectivity index (χ1) is 11.4. The molecule has 2 fully saturated rings. The summed E-state index contributed by atoms with van der Waals surface area (Å²) in [5.41, 5.74) is 8.01. The summed E-state index contributed by atoms with van der Waals surface area (Å²) in [6, 6.07) is 0.902. The van der Waals surface area contributed by atoms with E-state index < -0.39 is 0 Å². The SMILES string of the molecule is CCCC1(CCC)CCC2(CCNC2C(CC)(CC)C(C)N)CC1. The Morgan fingerprint density at radius 1 is 0.958 bits per heavy atom. The third kappa shape index (κ3) is 3.43. The van der Waals surface area contributed by atoms with E-state index in [1.54, 1.807) is 0 Å². The van der Waals surface area contributed by atoms with E-state index in [-0.39, 0.29) is 11.5 Å². The van der Waals surface area contributed by atoms with Gasteiger partial charge in [-0.15, -0.1) is 0 Å². The lowest BCUT2D eigenvalue weighted by atomic mass is 9.53. The average Bonchev–Trinajstić information content (AvgIpc) is 2.97. The highest BCUT2D eigenvalue weighted by molar-refractivity contribution is 5.10. The molecule has 2 aliphatic rings. The van der Waals surface area contributed by atoms with Crippen LogP contribution in [0.25, 0.3) is 0 Å². The van der Waals surface area contributed by atoms with Crippen molar-refractivity contribution in [2.24, 2.45) is 22.0 Å². The van der Waals surface area contributed by atoms with Crippen LogP contribution in [0.5, 0.6) is 0 Å². The number of nitrogens with one attached hydrogen (secondary N) is 1. The molecule has 1 heterocycles. The molecule has 0 aromatic carbocycles. The van der Waals surface area contributed by atoms with Crippen molar-refractivity contribution in [2.45, 2.75) is 117 Å². The van der Waals surface area contributed by atoms with E-state index in [1.165, 1.54) is 77.2 Å². The van der Waals surface area contributed by atoms with Crippen LogP contribution in [0.15, 0.2) is 0 Å². The van der Waals surface area contributed by atoms with Gasteiger partial charge in [-0.2, -0.15) is 0 Å². The van der Waals surface area contributed by atoms with E-state index >= 15 is 0 Å². The summed E-state index contributed by atoms with van der Waals surface area (Å²) in [7, 11) is 0. The standard InChI is InChI=1S/C22H44N2/c1-6-10-20(11-7-2)12-14-21(15-13-20)16-17-24-19(21)22(8-3,9-4)18(5)23/h18-19,24H,6-17,23H2,1-5H3. The van der Waals surface area contributed by atoms with Crippen molar-refractivity contribution in [3.05, 3.63) is 0 Å². The predicted octanol–water partition coefficient (Wildman–Crippen LogP) is 5.65. The molecule has 2 atom stereocenters. The highest BCUT2D eigenvalue weighted by atomic mass is 15.0. The monoisotopic (exact) mass is 336 g/mol. The molecule has 0 aromatic rings. The average molecular weight is 337 g/mol. The van der Waals surface area contributed by atoms with Crippen LogP contribution < -0.4 is 11.1 Å². The Labute approximate surface area is 151 Å². The van der Waals surface area contributed by atoms with Crippen LogP contribution in [0.3, 0.4) is 0 Å². The van der Waals surface area contributed by atoms with E-state index in [0.29, 0.717) is 16.9 Å². The maximum absolute atomic E-state index is 6.57. The molecule has 1 aliphatic heterocycles. The number of nitrogens with two attached hydrogens (primary N) is 1. The Hall–Kier alpha value is -0.0800. The molecular formula is C22H44N2. The predicted molar refractivity (Wildman–Crippen MR) is 106 cm³/mol. The molecule has 1 saturated heterocycles. The maximum Gasteiger partial charge on any atom is 0.0195 e. The van der Waals surface area contributed by atoms with Crippen molar-refractivity contribution >= 4 is 0 Å². The summed E-state index contributed by atoms with van der Waals surface area (Å²) in [5, 5.41) is 3.95. The molecule has 2 rings (SSSR count). The summed E-state index contributed by atoms with van der Waals surface area (Å²) >= 11 is 0. The van der Waals surface area contributed by atoms with Crippen LogP contribution >= 0.6 is 0 Å². The zero-order valence-electron chi connectivity index (χ0n) is 17.2. The van der Waals surface area contributed by atoms with Crippen LogP contribution in [-0.4, -0.2) is 18.6 Å². The van der Waals surface area contributed by atoms with Crippen molar-refractivity contribution in [2.75, 3.05) is 6.54 Å². The lowest BCUT2D eigenvalue weighted by Gasteiger charge is -2.54. The highest BCUT2D eigenvalue weighted by Gasteiger charge is 2.55.